The number of hydrogen-bond acceptors (Lipinski definition) is 4. The quantitative estimate of drug-likeness (QED) is 0.766. The number of fused-ring (bicyclic) bond motifs is 1. The van der Waals surface area contributed by atoms with Gasteiger partial charge in [0.15, 0.2) is 0 Å². The van der Waals surface area contributed by atoms with Crippen LogP contribution in [0, 0.1) is 0 Å². The number of amides is 1. The zero-order valence-electron chi connectivity index (χ0n) is 12.2. The number of carbonyl (C=O) groups excluding carboxylic acids is 1. The number of rotatable bonds is 4. The molecule has 118 valence electrons. The topological polar surface area (TPSA) is 92.6 Å². The molecule has 23 heavy (non-hydrogen) atoms. The zero-order chi connectivity index (χ0) is 16.4. The van der Waals surface area contributed by atoms with Crippen LogP contribution in [0.3, 0.4) is 0 Å². The van der Waals surface area contributed by atoms with E-state index in [4.69, 9.17) is 0 Å². The third-order valence-corrected chi connectivity index (χ3v) is 4.52. The van der Waals surface area contributed by atoms with Gasteiger partial charge < -0.3 is 9.72 Å². The minimum absolute atomic E-state index is 0.109. The molecule has 1 amide bonds. The lowest BCUT2D eigenvalue weighted by molar-refractivity contribution is -0.114. The van der Waals surface area contributed by atoms with Crippen molar-refractivity contribution in [1.82, 2.24) is 9.38 Å². The largest absolute Gasteiger partial charge is 0.326 e. The van der Waals surface area contributed by atoms with Crippen molar-refractivity contribution in [3.63, 3.8) is 0 Å². The van der Waals surface area contributed by atoms with E-state index in [0.29, 0.717) is 11.4 Å². The van der Waals surface area contributed by atoms with Crippen molar-refractivity contribution in [3.8, 4) is 0 Å². The molecule has 3 aromatic rings. The van der Waals surface area contributed by atoms with E-state index in [9.17, 15) is 13.2 Å². The Bertz CT molecular complexity index is 962. The second-order valence-corrected chi connectivity index (χ2v) is 6.60. The Hall–Kier alpha value is -2.87. The van der Waals surface area contributed by atoms with E-state index in [-0.39, 0.29) is 10.8 Å². The third kappa shape index (κ3) is 3.32. The molecule has 2 aromatic heterocycles. The van der Waals surface area contributed by atoms with E-state index < -0.39 is 10.0 Å². The molecule has 0 saturated carbocycles. The van der Waals surface area contributed by atoms with Crippen LogP contribution in [0.25, 0.3) is 5.65 Å². The molecule has 1 aromatic carbocycles. The van der Waals surface area contributed by atoms with Crippen molar-refractivity contribution in [3.05, 3.63) is 55.0 Å². The first-order valence-corrected chi connectivity index (χ1v) is 8.25. The van der Waals surface area contributed by atoms with E-state index in [1.165, 1.54) is 31.2 Å². The van der Waals surface area contributed by atoms with Gasteiger partial charge in [0.2, 0.25) is 5.91 Å². The third-order valence-electron chi connectivity index (χ3n) is 3.13. The van der Waals surface area contributed by atoms with Crippen molar-refractivity contribution in [2.24, 2.45) is 0 Å². The lowest BCUT2D eigenvalue weighted by Gasteiger charge is -2.09. The first kappa shape index (κ1) is 15.0. The molecule has 0 saturated heterocycles. The van der Waals surface area contributed by atoms with E-state index in [1.54, 1.807) is 35.1 Å². The average molecular weight is 330 g/mol. The zero-order valence-corrected chi connectivity index (χ0v) is 13.0. The lowest BCUT2D eigenvalue weighted by Crippen LogP contribution is -2.13. The summed E-state index contributed by atoms with van der Waals surface area (Å²) >= 11 is 0. The van der Waals surface area contributed by atoms with Gasteiger partial charge in [-0.15, -0.1) is 0 Å². The smallest absolute Gasteiger partial charge is 0.261 e. The fourth-order valence-electron chi connectivity index (χ4n) is 2.12. The van der Waals surface area contributed by atoms with Crippen molar-refractivity contribution in [1.29, 1.82) is 0 Å². The molecule has 0 bridgehead atoms. The molecule has 0 aliphatic carbocycles. The highest BCUT2D eigenvalue weighted by Gasteiger charge is 2.14. The predicted molar refractivity (Wildman–Crippen MR) is 86.7 cm³/mol. The van der Waals surface area contributed by atoms with Crippen LogP contribution >= 0.6 is 0 Å². The maximum Gasteiger partial charge on any atom is 0.261 e. The van der Waals surface area contributed by atoms with Crippen molar-refractivity contribution >= 4 is 33.0 Å². The fourth-order valence-corrected chi connectivity index (χ4v) is 3.16. The van der Waals surface area contributed by atoms with Crippen LogP contribution in [0.4, 0.5) is 11.4 Å². The SMILES string of the molecule is CC(=O)Nc1ccc(S(=O)(=O)Nc2ccc3nccn3c2)cc1. The fraction of sp³-hybridized carbons (Fsp3) is 0.0667. The number of aromatic nitrogens is 2. The summed E-state index contributed by atoms with van der Waals surface area (Å²) in [6, 6.07) is 9.31. The number of carbonyl (C=O) groups is 1. The summed E-state index contributed by atoms with van der Waals surface area (Å²) in [5, 5.41) is 2.59. The number of hydrogen-bond donors (Lipinski definition) is 2. The lowest BCUT2D eigenvalue weighted by atomic mass is 10.3. The number of nitrogens with zero attached hydrogens (tertiary/aromatic N) is 2. The van der Waals surface area contributed by atoms with Crippen molar-refractivity contribution < 1.29 is 13.2 Å². The molecule has 2 heterocycles. The maximum atomic E-state index is 12.4. The van der Waals surface area contributed by atoms with Gasteiger partial charge in [-0.2, -0.15) is 0 Å². The summed E-state index contributed by atoms with van der Waals surface area (Å²) < 4.78 is 29.0. The molecular weight excluding hydrogens is 316 g/mol. The molecule has 0 atom stereocenters. The second-order valence-electron chi connectivity index (χ2n) is 4.92. The summed E-state index contributed by atoms with van der Waals surface area (Å²) in [7, 11) is -3.71. The summed E-state index contributed by atoms with van der Waals surface area (Å²) in [6.07, 6.45) is 5.01. The minimum atomic E-state index is -3.71. The molecule has 0 aliphatic rings. The van der Waals surface area contributed by atoms with E-state index in [2.05, 4.69) is 15.0 Å². The Morgan fingerprint density at radius 3 is 2.48 bits per heavy atom. The first-order valence-electron chi connectivity index (χ1n) is 6.77. The van der Waals surface area contributed by atoms with E-state index in [1.807, 2.05) is 0 Å². The Morgan fingerprint density at radius 1 is 1.09 bits per heavy atom. The highest BCUT2D eigenvalue weighted by molar-refractivity contribution is 7.92. The van der Waals surface area contributed by atoms with Crippen LogP contribution in [0.2, 0.25) is 0 Å². The molecule has 7 nitrogen and oxygen atoms in total. The Labute approximate surface area is 133 Å². The Morgan fingerprint density at radius 2 is 1.78 bits per heavy atom. The highest BCUT2D eigenvalue weighted by Crippen LogP contribution is 2.18. The number of benzene rings is 1. The first-order chi connectivity index (χ1) is 10.9. The number of nitrogens with one attached hydrogen (secondary N) is 2. The van der Waals surface area contributed by atoms with Gasteiger partial charge in [0.1, 0.15) is 5.65 Å². The van der Waals surface area contributed by atoms with Crippen LogP contribution in [-0.4, -0.2) is 23.7 Å². The number of imidazole rings is 1. The molecule has 0 unspecified atom stereocenters. The summed E-state index contributed by atoms with van der Waals surface area (Å²) in [6.45, 7) is 1.39. The van der Waals surface area contributed by atoms with Gasteiger partial charge in [-0.1, -0.05) is 0 Å². The van der Waals surface area contributed by atoms with Crippen LogP contribution in [0.1, 0.15) is 6.92 Å². The minimum Gasteiger partial charge on any atom is -0.326 e. The van der Waals surface area contributed by atoms with Gasteiger partial charge in [0.05, 0.1) is 10.6 Å². The van der Waals surface area contributed by atoms with Gasteiger partial charge in [-0.25, -0.2) is 13.4 Å². The van der Waals surface area contributed by atoms with Crippen LogP contribution in [-0.2, 0) is 14.8 Å². The van der Waals surface area contributed by atoms with Crippen LogP contribution in [0.15, 0.2) is 59.9 Å². The van der Waals surface area contributed by atoms with E-state index >= 15 is 0 Å². The molecular formula is C15H14N4O3S. The molecule has 0 fully saturated rings. The highest BCUT2D eigenvalue weighted by atomic mass is 32.2. The summed E-state index contributed by atoms with van der Waals surface area (Å²) in [5.41, 5.74) is 1.70. The monoisotopic (exact) mass is 330 g/mol. The standard InChI is InChI=1S/C15H14N4O3S/c1-11(20)17-12-2-5-14(6-3-12)23(21,22)18-13-4-7-15-16-8-9-19(15)10-13/h2-10,18H,1H3,(H,17,20). The van der Waals surface area contributed by atoms with Crippen LogP contribution < -0.4 is 10.0 Å². The molecule has 8 heteroatoms. The molecule has 0 spiro atoms. The number of sulfonamides is 1. The average Bonchev–Trinajstić information content (AvgIpc) is 2.94. The number of anilines is 2. The molecule has 0 radical (unpaired) electrons. The van der Waals surface area contributed by atoms with Gasteiger partial charge in [-0.3, -0.25) is 9.52 Å². The summed E-state index contributed by atoms with van der Waals surface area (Å²) in [4.78, 5) is 15.2. The maximum absolute atomic E-state index is 12.4. The van der Waals surface area contributed by atoms with Gasteiger partial charge in [0.25, 0.3) is 10.0 Å². The predicted octanol–water partition coefficient (Wildman–Crippen LogP) is 2.09. The molecule has 0 aliphatic heterocycles. The molecule has 3 rings (SSSR count). The van der Waals surface area contributed by atoms with Gasteiger partial charge in [-0.05, 0) is 36.4 Å². The number of pyridine rings is 1. The second kappa shape index (κ2) is 5.73. The Kier molecular flexibility index (Phi) is 3.75. The summed E-state index contributed by atoms with van der Waals surface area (Å²) in [5.74, 6) is -0.215. The van der Waals surface area contributed by atoms with Crippen molar-refractivity contribution in [2.75, 3.05) is 10.0 Å². The van der Waals surface area contributed by atoms with Gasteiger partial charge in [0, 0.05) is 31.2 Å². The van der Waals surface area contributed by atoms with Crippen LogP contribution in [0.5, 0.6) is 0 Å². The molecule has 2 N–H and O–H groups in total. The Balaban J connectivity index is 1.84. The van der Waals surface area contributed by atoms with Crippen molar-refractivity contribution in [2.45, 2.75) is 11.8 Å². The van der Waals surface area contributed by atoms with E-state index in [0.717, 1.165) is 5.65 Å². The van der Waals surface area contributed by atoms with Gasteiger partial charge >= 0.3 is 0 Å². The normalized spacial score (nSPS) is 11.3.